The molecule has 4 nitrogen and oxygen atoms in total. The molecule has 0 heterocycles. The van der Waals surface area contributed by atoms with Gasteiger partial charge < -0.3 is 4.74 Å². The molecule has 0 aliphatic heterocycles. The summed E-state index contributed by atoms with van der Waals surface area (Å²) in [5.41, 5.74) is 0.581. The Labute approximate surface area is 130 Å². The van der Waals surface area contributed by atoms with Gasteiger partial charge in [-0.05, 0) is 55.5 Å². The molecule has 0 aromatic heterocycles. The maximum atomic E-state index is 12.7. The summed E-state index contributed by atoms with van der Waals surface area (Å²) in [5.74, 6) is 0.614. The van der Waals surface area contributed by atoms with Gasteiger partial charge in [-0.25, -0.2) is 8.42 Å². The van der Waals surface area contributed by atoms with E-state index in [4.69, 9.17) is 16.3 Å². The van der Waals surface area contributed by atoms with E-state index in [9.17, 15) is 8.42 Å². The van der Waals surface area contributed by atoms with Crippen molar-refractivity contribution < 1.29 is 13.2 Å². The van der Waals surface area contributed by atoms with Crippen LogP contribution in [0.25, 0.3) is 0 Å². The van der Waals surface area contributed by atoms with E-state index >= 15 is 0 Å². The number of hydrogen-bond donors (Lipinski definition) is 0. The summed E-state index contributed by atoms with van der Waals surface area (Å²) < 4.78 is 31.8. The topological polar surface area (TPSA) is 46.6 Å². The fourth-order valence-corrected chi connectivity index (χ4v) is 3.57. The minimum Gasteiger partial charge on any atom is -0.497 e. The van der Waals surface area contributed by atoms with Crippen molar-refractivity contribution in [3.63, 3.8) is 0 Å². The second kappa shape index (κ2) is 6.37. The van der Waals surface area contributed by atoms with Gasteiger partial charge in [-0.2, -0.15) is 0 Å². The second-order valence-electron chi connectivity index (χ2n) is 4.32. The van der Waals surface area contributed by atoms with Crippen molar-refractivity contribution in [2.24, 2.45) is 0 Å². The zero-order valence-electron chi connectivity index (χ0n) is 11.8. The normalized spacial score (nSPS) is 11.2. The first-order valence-corrected chi connectivity index (χ1v) is 8.23. The van der Waals surface area contributed by atoms with E-state index in [0.717, 1.165) is 0 Å². The summed E-state index contributed by atoms with van der Waals surface area (Å²) in [6.45, 7) is 2.12. The lowest BCUT2D eigenvalue weighted by Gasteiger charge is -2.23. The molecule has 0 unspecified atom stereocenters. The van der Waals surface area contributed by atoms with Crippen LogP contribution < -0.4 is 9.04 Å². The van der Waals surface area contributed by atoms with Crippen LogP contribution in [-0.2, 0) is 10.0 Å². The number of rotatable bonds is 5. The maximum Gasteiger partial charge on any atom is 0.264 e. The molecule has 0 bridgehead atoms. The standard InChI is InChI=1S/C15H16ClNO3S/c1-3-17(13-6-4-12(16)5-7-13)21(18,19)15-10-8-14(20-2)9-11-15/h4-11H,3H2,1-2H3. The first-order valence-electron chi connectivity index (χ1n) is 6.41. The van der Waals surface area contributed by atoms with Crippen LogP contribution in [-0.4, -0.2) is 22.1 Å². The number of methoxy groups -OCH3 is 1. The van der Waals surface area contributed by atoms with Crippen LogP contribution in [0.1, 0.15) is 6.92 Å². The molecule has 0 spiro atoms. The number of anilines is 1. The SMILES string of the molecule is CCN(c1ccc(Cl)cc1)S(=O)(=O)c1ccc(OC)cc1. The van der Waals surface area contributed by atoms with E-state index in [2.05, 4.69) is 0 Å². The summed E-state index contributed by atoms with van der Waals surface area (Å²) in [5, 5.41) is 0.566. The summed E-state index contributed by atoms with van der Waals surface area (Å²) in [6.07, 6.45) is 0. The lowest BCUT2D eigenvalue weighted by Crippen LogP contribution is -2.30. The van der Waals surface area contributed by atoms with E-state index < -0.39 is 10.0 Å². The van der Waals surface area contributed by atoms with Crippen LogP contribution in [0.3, 0.4) is 0 Å². The van der Waals surface area contributed by atoms with Crippen LogP contribution in [0, 0.1) is 0 Å². The van der Waals surface area contributed by atoms with Crippen molar-refractivity contribution in [3.05, 3.63) is 53.6 Å². The molecule has 21 heavy (non-hydrogen) atoms. The number of sulfonamides is 1. The Kier molecular flexibility index (Phi) is 4.75. The highest BCUT2D eigenvalue weighted by Gasteiger charge is 2.23. The van der Waals surface area contributed by atoms with E-state index in [1.54, 1.807) is 43.3 Å². The molecule has 0 radical (unpaired) electrons. The molecule has 2 rings (SSSR count). The minimum absolute atomic E-state index is 0.222. The Hall–Kier alpha value is -1.72. The third kappa shape index (κ3) is 3.31. The van der Waals surface area contributed by atoms with Gasteiger partial charge in [0.15, 0.2) is 0 Å². The molecule has 6 heteroatoms. The molecule has 0 amide bonds. The number of hydrogen-bond acceptors (Lipinski definition) is 3. The molecule has 0 N–H and O–H groups in total. The molecule has 0 aliphatic rings. The molecule has 0 aliphatic carbocycles. The quantitative estimate of drug-likeness (QED) is 0.844. The van der Waals surface area contributed by atoms with Crippen LogP contribution in [0.15, 0.2) is 53.4 Å². The van der Waals surface area contributed by atoms with Crippen LogP contribution in [0.4, 0.5) is 5.69 Å². The predicted molar refractivity (Wildman–Crippen MR) is 84.7 cm³/mol. The van der Waals surface area contributed by atoms with Gasteiger partial charge in [-0.1, -0.05) is 11.6 Å². The van der Waals surface area contributed by atoms with Crippen LogP contribution >= 0.6 is 11.6 Å². The van der Waals surface area contributed by atoms with Gasteiger partial charge in [0.25, 0.3) is 10.0 Å². The lowest BCUT2D eigenvalue weighted by atomic mass is 10.3. The van der Waals surface area contributed by atoms with Gasteiger partial charge >= 0.3 is 0 Å². The van der Waals surface area contributed by atoms with Crippen molar-refractivity contribution in [2.75, 3.05) is 18.0 Å². The average molecular weight is 326 g/mol. The largest absolute Gasteiger partial charge is 0.497 e. The molecule has 0 fully saturated rings. The molecular formula is C15H16ClNO3S. The second-order valence-corrected chi connectivity index (χ2v) is 6.62. The zero-order chi connectivity index (χ0) is 15.5. The Bertz CT molecular complexity index is 697. The highest BCUT2D eigenvalue weighted by Crippen LogP contribution is 2.26. The molecule has 0 saturated heterocycles. The fraction of sp³-hybridized carbons (Fsp3) is 0.200. The van der Waals surface area contributed by atoms with Gasteiger partial charge in [0, 0.05) is 11.6 Å². The molecule has 0 saturated carbocycles. The molecule has 0 atom stereocenters. The Morgan fingerprint density at radius 3 is 2.10 bits per heavy atom. The Balaban J connectivity index is 2.41. The first-order chi connectivity index (χ1) is 9.98. The third-order valence-electron chi connectivity index (χ3n) is 3.05. The van der Waals surface area contributed by atoms with Crippen molar-refractivity contribution in [1.29, 1.82) is 0 Å². The van der Waals surface area contributed by atoms with Gasteiger partial charge in [0.1, 0.15) is 5.75 Å². The smallest absolute Gasteiger partial charge is 0.264 e. The summed E-state index contributed by atoms with van der Waals surface area (Å²) >= 11 is 5.84. The maximum absolute atomic E-state index is 12.7. The van der Waals surface area contributed by atoms with Crippen LogP contribution in [0.5, 0.6) is 5.75 Å². The fourth-order valence-electron chi connectivity index (χ4n) is 1.97. The summed E-state index contributed by atoms with van der Waals surface area (Å²) in [7, 11) is -2.07. The minimum atomic E-state index is -3.61. The molecule has 2 aromatic rings. The first kappa shape index (κ1) is 15.7. The Morgan fingerprint density at radius 1 is 1.05 bits per heavy atom. The number of benzene rings is 2. The third-order valence-corrected chi connectivity index (χ3v) is 5.22. The summed E-state index contributed by atoms with van der Waals surface area (Å²) in [4.78, 5) is 0.222. The molecule has 112 valence electrons. The van der Waals surface area contributed by atoms with Crippen molar-refractivity contribution >= 4 is 27.3 Å². The highest BCUT2D eigenvalue weighted by atomic mass is 35.5. The number of halogens is 1. The number of nitrogens with zero attached hydrogens (tertiary/aromatic N) is 1. The van der Waals surface area contributed by atoms with Gasteiger partial charge in [-0.15, -0.1) is 0 Å². The van der Waals surface area contributed by atoms with Gasteiger partial charge in [-0.3, -0.25) is 4.31 Å². The molecular weight excluding hydrogens is 310 g/mol. The van der Waals surface area contributed by atoms with Crippen molar-refractivity contribution in [3.8, 4) is 5.75 Å². The van der Waals surface area contributed by atoms with Crippen molar-refractivity contribution in [1.82, 2.24) is 0 Å². The predicted octanol–water partition coefficient (Wildman–Crippen LogP) is 3.56. The lowest BCUT2D eigenvalue weighted by molar-refractivity contribution is 0.414. The highest BCUT2D eigenvalue weighted by molar-refractivity contribution is 7.92. The van der Waals surface area contributed by atoms with Crippen molar-refractivity contribution in [2.45, 2.75) is 11.8 Å². The van der Waals surface area contributed by atoms with E-state index in [-0.39, 0.29) is 4.90 Å². The molecule has 2 aromatic carbocycles. The summed E-state index contributed by atoms with van der Waals surface area (Å²) in [6, 6.07) is 13.0. The zero-order valence-corrected chi connectivity index (χ0v) is 13.4. The van der Waals surface area contributed by atoms with Crippen LogP contribution in [0.2, 0.25) is 5.02 Å². The van der Waals surface area contributed by atoms with Gasteiger partial charge in [0.05, 0.1) is 17.7 Å². The Morgan fingerprint density at radius 2 is 1.62 bits per heavy atom. The number of ether oxygens (including phenoxy) is 1. The monoisotopic (exact) mass is 325 g/mol. The van der Waals surface area contributed by atoms with E-state index in [0.29, 0.717) is 23.0 Å². The average Bonchev–Trinajstić information content (AvgIpc) is 2.50. The van der Waals surface area contributed by atoms with E-state index in [1.807, 2.05) is 0 Å². The van der Waals surface area contributed by atoms with Gasteiger partial charge in [0.2, 0.25) is 0 Å². The van der Waals surface area contributed by atoms with E-state index in [1.165, 1.54) is 23.5 Å².